The highest BCUT2D eigenvalue weighted by atomic mass is 32.2. The molecule has 0 aromatic heterocycles. The Labute approximate surface area is 191 Å². The van der Waals surface area contributed by atoms with Gasteiger partial charge in [0.05, 0.1) is 30.5 Å². The summed E-state index contributed by atoms with van der Waals surface area (Å²) < 4.78 is 38.3. The van der Waals surface area contributed by atoms with Crippen LogP contribution in [0.2, 0.25) is 0 Å². The van der Waals surface area contributed by atoms with Gasteiger partial charge in [0.25, 0.3) is 15.9 Å². The summed E-state index contributed by atoms with van der Waals surface area (Å²) in [5, 5.41) is 5.31. The molecule has 2 amide bonds. The molecule has 172 valence electrons. The van der Waals surface area contributed by atoms with Crippen LogP contribution in [-0.4, -0.2) is 34.5 Å². The van der Waals surface area contributed by atoms with Crippen molar-refractivity contribution in [3.05, 3.63) is 72.3 Å². The van der Waals surface area contributed by atoms with Crippen LogP contribution in [0.5, 0.6) is 11.5 Å². The number of hydrogen-bond acceptors (Lipinski definition) is 6. The molecule has 0 aliphatic rings. The van der Waals surface area contributed by atoms with E-state index in [1.54, 1.807) is 42.5 Å². The van der Waals surface area contributed by atoms with E-state index in [0.717, 1.165) is 0 Å². The SMILES string of the molecule is COc1ccc(NS(=O)(=O)c2cccc(C(=O)Nc3cc(OC)ccc3NC(C)=O)c2)cc1. The third kappa shape index (κ3) is 6.01. The number of carbonyl (C=O) groups is 2. The normalized spacial score (nSPS) is 10.8. The summed E-state index contributed by atoms with van der Waals surface area (Å²) in [6.07, 6.45) is 0. The lowest BCUT2D eigenvalue weighted by atomic mass is 10.2. The second-order valence-corrected chi connectivity index (χ2v) is 8.59. The average molecular weight is 470 g/mol. The van der Waals surface area contributed by atoms with E-state index >= 15 is 0 Å². The zero-order valence-electron chi connectivity index (χ0n) is 18.2. The summed E-state index contributed by atoms with van der Waals surface area (Å²) >= 11 is 0. The van der Waals surface area contributed by atoms with Crippen molar-refractivity contribution in [2.24, 2.45) is 0 Å². The molecule has 33 heavy (non-hydrogen) atoms. The molecule has 0 aliphatic carbocycles. The Kier molecular flexibility index (Phi) is 7.19. The summed E-state index contributed by atoms with van der Waals surface area (Å²) in [5.74, 6) is 0.192. The monoisotopic (exact) mass is 469 g/mol. The van der Waals surface area contributed by atoms with E-state index in [0.29, 0.717) is 28.6 Å². The van der Waals surface area contributed by atoms with Crippen LogP contribution in [0.15, 0.2) is 71.6 Å². The quantitative estimate of drug-likeness (QED) is 0.462. The van der Waals surface area contributed by atoms with E-state index in [2.05, 4.69) is 15.4 Å². The van der Waals surface area contributed by atoms with E-state index in [4.69, 9.17) is 9.47 Å². The maximum absolute atomic E-state index is 12.9. The predicted octanol–water partition coefficient (Wildman–Crippen LogP) is 3.72. The number of hydrogen-bond donors (Lipinski definition) is 3. The van der Waals surface area contributed by atoms with Gasteiger partial charge in [-0.1, -0.05) is 6.07 Å². The largest absolute Gasteiger partial charge is 0.497 e. The van der Waals surface area contributed by atoms with Gasteiger partial charge < -0.3 is 20.1 Å². The molecule has 0 aliphatic heterocycles. The number of rotatable bonds is 8. The molecule has 3 rings (SSSR count). The molecule has 9 nitrogen and oxygen atoms in total. The van der Waals surface area contributed by atoms with Crippen LogP contribution in [0, 0.1) is 0 Å². The highest BCUT2D eigenvalue weighted by molar-refractivity contribution is 7.92. The van der Waals surface area contributed by atoms with Crippen molar-refractivity contribution in [2.75, 3.05) is 29.6 Å². The maximum atomic E-state index is 12.9. The molecule has 10 heteroatoms. The van der Waals surface area contributed by atoms with Gasteiger partial charge in [0.1, 0.15) is 11.5 Å². The first-order chi connectivity index (χ1) is 15.7. The third-order valence-electron chi connectivity index (χ3n) is 4.53. The molecule has 0 heterocycles. The maximum Gasteiger partial charge on any atom is 0.261 e. The van der Waals surface area contributed by atoms with Crippen LogP contribution in [0.1, 0.15) is 17.3 Å². The molecule has 0 saturated carbocycles. The zero-order valence-corrected chi connectivity index (χ0v) is 19.0. The number of anilines is 3. The van der Waals surface area contributed by atoms with Gasteiger partial charge in [0.2, 0.25) is 5.91 Å². The van der Waals surface area contributed by atoms with Gasteiger partial charge >= 0.3 is 0 Å². The molecule has 0 atom stereocenters. The first-order valence-electron chi connectivity index (χ1n) is 9.76. The first-order valence-corrected chi connectivity index (χ1v) is 11.2. The lowest BCUT2D eigenvalue weighted by Gasteiger charge is -2.14. The fraction of sp³-hybridized carbons (Fsp3) is 0.130. The molecule has 0 bridgehead atoms. The smallest absolute Gasteiger partial charge is 0.261 e. The van der Waals surface area contributed by atoms with Crippen LogP contribution in [0.4, 0.5) is 17.1 Å². The standard InChI is InChI=1S/C23H23N3O6S/c1-15(27)24-21-12-11-19(32-3)14-22(21)25-23(28)16-5-4-6-20(13-16)33(29,30)26-17-7-9-18(31-2)10-8-17/h4-14,26H,1-3H3,(H,24,27)(H,25,28). The number of benzene rings is 3. The lowest BCUT2D eigenvalue weighted by molar-refractivity contribution is -0.114. The molecule has 3 aromatic rings. The second kappa shape index (κ2) is 10.0. The Morgan fingerprint density at radius 1 is 0.788 bits per heavy atom. The minimum atomic E-state index is -3.94. The first kappa shape index (κ1) is 23.6. The van der Waals surface area contributed by atoms with Gasteiger partial charge in [-0.3, -0.25) is 14.3 Å². The van der Waals surface area contributed by atoms with Gasteiger partial charge in [-0.05, 0) is 54.6 Å². The molecular weight excluding hydrogens is 446 g/mol. The molecule has 0 spiro atoms. The summed E-state index contributed by atoms with van der Waals surface area (Å²) in [6.45, 7) is 1.35. The number of sulfonamides is 1. The topological polar surface area (TPSA) is 123 Å². The Balaban J connectivity index is 1.84. The Morgan fingerprint density at radius 2 is 1.45 bits per heavy atom. The van der Waals surface area contributed by atoms with E-state index in [9.17, 15) is 18.0 Å². The van der Waals surface area contributed by atoms with Gasteiger partial charge in [0, 0.05) is 24.2 Å². The lowest BCUT2D eigenvalue weighted by Crippen LogP contribution is -2.17. The fourth-order valence-corrected chi connectivity index (χ4v) is 4.03. The molecule has 3 aromatic carbocycles. The molecule has 3 N–H and O–H groups in total. The van der Waals surface area contributed by atoms with Crippen molar-refractivity contribution in [1.82, 2.24) is 0 Å². The minimum Gasteiger partial charge on any atom is -0.497 e. The number of amides is 2. The van der Waals surface area contributed by atoms with Crippen LogP contribution < -0.4 is 24.8 Å². The van der Waals surface area contributed by atoms with Crippen molar-refractivity contribution < 1.29 is 27.5 Å². The van der Waals surface area contributed by atoms with E-state index in [-0.39, 0.29) is 16.4 Å². The fourth-order valence-electron chi connectivity index (χ4n) is 2.92. The van der Waals surface area contributed by atoms with E-state index in [1.807, 2.05) is 0 Å². The van der Waals surface area contributed by atoms with Crippen LogP contribution in [0.3, 0.4) is 0 Å². The third-order valence-corrected chi connectivity index (χ3v) is 5.91. The molecule has 0 radical (unpaired) electrons. The summed E-state index contributed by atoms with van der Waals surface area (Å²) in [6, 6.07) is 16.8. The van der Waals surface area contributed by atoms with Crippen LogP contribution in [0.25, 0.3) is 0 Å². The van der Waals surface area contributed by atoms with Crippen molar-refractivity contribution in [2.45, 2.75) is 11.8 Å². The number of ether oxygens (including phenoxy) is 2. The number of carbonyl (C=O) groups excluding carboxylic acids is 2. The predicted molar refractivity (Wildman–Crippen MR) is 125 cm³/mol. The number of methoxy groups -OCH3 is 2. The van der Waals surface area contributed by atoms with Gasteiger partial charge in [-0.15, -0.1) is 0 Å². The average Bonchev–Trinajstić information content (AvgIpc) is 2.80. The van der Waals surface area contributed by atoms with Gasteiger partial charge in [0.15, 0.2) is 0 Å². The molecular formula is C23H23N3O6S. The highest BCUT2D eigenvalue weighted by Gasteiger charge is 2.18. The van der Waals surface area contributed by atoms with Gasteiger partial charge in [-0.2, -0.15) is 0 Å². The Bertz CT molecular complexity index is 1270. The zero-order chi connectivity index (χ0) is 24.0. The van der Waals surface area contributed by atoms with Crippen molar-refractivity contribution in [3.8, 4) is 11.5 Å². The number of nitrogens with one attached hydrogen (secondary N) is 3. The van der Waals surface area contributed by atoms with E-state index in [1.165, 1.54) is 45.4 Å². The Hall–Kier alpha value is -4.05. The van der Waals surface area contributed by atoms with Crippen molar-refractivity contribution in [3.63, 3.8) is 0 Å². The molecule has 0 unspecified atom stereocenters. The summed E-state index contributed by atoms with van der Waals surface area (Å²) in [7, 11) is -0.955. The van der Waals surface area contributed by atoms with E-state index < -0.39 is 15.9 Å². The highest BCUT2D eigenvalue weighted by Crippen LogP contribution is 2.28. The van der Waals surface area contributed by atoms with Gasteiger partial charge in [-0.25, -0.2) is 8.42 Å². The summed E-state index contributed by atoms with van der Waals surface area (Å²) in [5.41, 5.74) is 1.15. The van der Waals surface area contributed by atoms with Crippen molar-refractivity contribution >= 4 is 38.9 Å². The second-order valence-electron chi connectivity index (χ2n) is 6.91. The Morgan fingerprint density at radius 3 is 2.09 bits per heavy atom. The molecule has 0 saturated heterocycles. The minimum absolute atomic E-state index is 0.0845. The molecule has 0 fully saturated rings. The van der Waals surface area contributed by atoms with Crippen LogP contribution >= 0.6 is 0 Å². The van der Waals surface area contributed by atoms with Crippen LogP contribution in [-0.2, 0) is 14.8 Å². The van der Waals surface area contributed by atoms with Crippen molar-refractivity contribution in [1.29, 1.82) is 0 Å². The summed E-state index contributed by atoms with van der Waals surface area (Å²) in [4.78, 5) is 24.3.